The van der Waals surface area contributed by atoms with Gasteiger partial charge in [0.25, 0.3) is 5.56 Å². The van der Waals surface area contributed by atoms with Crippen molar-refractivity contribution >= 4 is 34.4 Å². The van der Waals surface area contributed by atoms with Gasteiger partial charge in [0.1, 0.15) is 11.6 Å². The number of carbonyl (C=O) groups is 2. The van der Waals surface area contributed by atoms with Crippen molar-refractivity contribution < 1.29 is 14.3 Å². The maximum Gasteiger partial charge on any atom is 0.328 e. The molecule has 0 unspecified atom stereocenters. The van der Waals surface area contributed by atoms with Crippen LogP contribution in [-0.2, 0) is 20.9 Å². The molecule has 1 atom stereocenters. The van der Waals surface area contributed by atoms with E-state index in [-0.39, 0.29) is 30.4 Å². The Morgan fingerprint density at radius 3 is 2.47 bits per heavy atom. The average molecular weight is 484 g/mol. The second kappa shape index (κ2) is 10.8. The summed E-state index contributed by atoms with van der Waals surface area (Å²) in [5.41, 5.74) is 1.07. The van der Waals surface area contributed by atoms with Crippen molar-refractivity contribution in [2.24, 2.45) is 0 Å². The van der Waals surface area contributed by atoms with Crippen molar-refractivity contribution in [1.82, 2.24) is 24.8 Å². The standard InChI is InChI=1S/C24H26ClN5O4/c1-2-34-24(33)22(17-7-9-18(25)10-8-17)29-15-13-28(14-16-29)21(31)11-12-30-23(32)19-5-3-4-6-20(19)26-27-30/h3-10,22H,2,11-16H2,1H3/t22-/m1/s1. The van der Waals surface area contributed by atoms with Gasteiger partial charge in [0, 0.05) is 37.6 Å². The van der Waals surface area contributed by atoms with E-state index in [0.29, 0.717) is 48.7 Å². The van der Waals surface area contributed by atoms with Gasteiger partial charge in [-0.25, -0.2) is 9.48 Å². The number of amides is 1. The smallest absolute Gasteiger partial charge is 0.328 e. The van der Waals surface area contributed by atoms with Crippen LogP contribution in [0.3, 0.4) is 0 Å². The molecule has 2 heterocycles. The minimum absolute atomic E-state index is 0.0688. The van der Waals surface area contributed by atoms with E-state index >= 15 is 0 Å². The number of nitrogens with zero attached hydrogens (tertiary/aromatic N) is 5. The third-order valence-electron chi connectivity index (χ3n) is 5.89. The Kier molecular flexibility index (Phi) is 7.54. The molecule has 34 heavy (non-hydrogen) atoms. The topological polar surface area (TPSA) is 97.6 Å². The number of rotatable bonds is 7. The van der Waals surface area contributed by atoms with Crippen molar-refractivity contribution in [2.75, 3.05) is 32.8 Å². The molecular formula is C24H26ClN5O4. The van der Waals surface area contributed by atoms with Crippen LogP contribution in [0.25, 0.3) is 10.9 Å². The maximum atomic E-state index is 12.8. The second-order valence-electron chi connectivity index (χ2n) is 8.01. The Morgan fingerprint density at radius 1 is 1.06 bits per heavy atom. The molecule has 178 valence electrons. The number of aryl methyl sites for hydroxylation is 1. The van der Waals surface area contributed by atoms with Gasteiger partial charge in [0.2, 0.25) is 5.91 Å². The Hall–Kier alpha value is -3.30. The van der Waals surface area contributed by atoms with Crippen LogP contribution >= 0.6 is 11.6 Å². The zero-order valence-electron chi connectivity index (χ0n) is 18.9. The number of piperazine rings is 1. The Labute approximate surface area is 201 Å². The lowest BCUT2D eigenvalue weighted by Crippen LogP contribution is -2.51. The van der Waals surface area contributed by atoms with E-state index in [2.05, 4.69) is 10.3 Å². The summed E-state index contributed by atoms with van der Waals surface area (Å²) in [6.45, 7) is 4.21. The second-order valence-corrected chi connectivity index (χ2v) is 8.44. The molecule has 0 N–H and O–H groups in total. The van der Waals surface area contributed by atoms with Gasteiger partial charge >= 0.3 is 5.97 Å². The summed E-state index contributed by atoms with van der Waals surface area (Å²) in [5, 5.41) is 9.08. The van der Waals surface area contributed by atoms with Crippen molar-refractivity contribution in [3.05, 3.63) is 69.5 Å². The molecule has 10 heteroatoms. The number of fused-ring (bicyclic) bond motifs is 1. The lowest BCUT2D eigenvalue weighted by Gasteiger charge is -2.38. The number of ether oxygens (including phenoxy) is 1. The molecule has 0 spiro atoms. The van der Waals surface area contributed by atoms with Crippen LogP contribution in [0, 0.1) is 0 Å². The van der Waals surface area contributed by atoms with E-state index in [1.54, 1.807) is 48.2 Å². The summed E-state index contributed by atoms with van der Waals surface area (Å²) in [7, 11) is 0. The third-order valence-corrected chi connectivity index (χ3v) is 6.15. The normalized spacial score (nSPS) is 15.3. The molecule has 0 saturated carbocycles. The molecule has 1 saturated heterocycles. The summed E-state index contributed by atoms with van der Waals surface area (Å²) in [6.07, 6.45) is 0.144. The molecule has 0 radical (unpaired) electrons. The maximum absolute atomic E-state index is 12.8. The van der Waals surface area contributed by atoms with Crippen molar-refractivity contribution in [2.45, 2.75) is 25.9 Å². The number of carbonyl (C=O) groups excluding carboxylic acids is 2. The quantitative estimate of drug-likeness (QED) is 0.475. The van der Waals surface area contributed by atoms with E-state index in [0.717, 1.165) is 5.56 Å². The zero-order chi connectivity index (χ0) is 24.1. The number of aromatic nitrogens is 3. The van der Waals surface area contributed by atoms with E-state index in [9.17, 15) is 14.4 Å². The summed E-state index contributed by atoms with van der Waals surface area (Å²) >= 11 is 6.01. The van der Waals surface area contributed by atoms with Crippen LogP contribution in [0.15, 0.2) is 53.3 Å². The molecule has 1 aromatic heterocycles. The first-order valence-corrected chi connectivity index (χ1v) is 11.6. The predicted molar refractivity (Wildman–Crippen MR) is 127 cm³/mol. The van der Waals surface area contributed by atoms with E-state index in [1.165, 1.54) is 4.68 Å². The largest absolute Gasteiger partial charge is 0.465 e. The van der Waals surface area contributed by atoms with Crippen molar-refractivity contribution in [3.63, 3.8) is 0 Å². The zero-order valence-corrected chi connectivity index (χ0v) is 19.6. The predicted octanol–water partition coefficient (Wildman–Crippen LogP) is 2.28. The van der Waals surface area contributed by atoms with Crippen LogP contribution < -0.4 is 5.56 Å². The number of hydrogen-bond donors (Lipinski definition) is 0. The van der Waals surface area contributed by atoms with Gasteiger partial charge in [-0.3, -0.25) is 14.5 Å². The van der Waals surface area contributed by atoms with Gasteiger partial charge < -0.3 is 9.64 Å². The van der Waals surface area contributed by atoms with Crippen LogP contribution in [0.2, 0.25) is 5.02 Å². The van der Waals surface area contributed by atoms with Crippen molar-refractivity contribution in [3.8, 4) is 0 Å². The number of halogens is 1. The summed E-state index contributed by atoms with van der Waals surface area (Å²) < 4.78 is 6.54. The number of esters is 1. The van der Waals surface area contributed by atoms with Crippen molar-refractivity contribution in [1.29, 1.82) is 0 Å². The number of hydrogen-bond acceptors (Lipinski definition) is 7. The van der Waals surface area contributed by atoms with Gasteiger partial charge in [-0.2, -0.15) is 0 Å². The Balaban J connectivity index is 1.38. The number of benzene rings is 2. The lowest BCUT2D eigenvalue weighted by atomic mass is 10.0. The SMILES string of the molecule is CCOC(=O)[C@@H](c1ccc(Cl)cc1)N1CCN(C(=O)CCn2nnc3ccccc3c2=O)CC1. The van der Waals surface area contributed by atoms with Crippen LogP contribution in [0.1, 0.15) is 24.9 Å². The highest BCUT2D eigenvalue weighted by Gasteiger charge is 2.32. The molecule has 1 fully saturated rings. The summed E-state index contributed by atoms with van der Waals surface area (Å²) in [4.78, 5) is 41.9. The first kappa shape index (κ1) is 23.8. The molecular weight excluding hydrogens is 458 g/mol. The van der Waals surface area contributed by atoms with Crippen LogP contribution in [0.4, 0.5) is 0 Å². The van der Waals surface area contributed by atoms with E-state index in [1.807, 2.05) is 17.0 Å². The highest BCUT2D eigenvalue weighted by Crippen LogP contribution is 2.25. The summed E-state index contributed by atoms with van der Waals surface area (Å²) in [5.74, 6) is -0.389. The first-order valence-electron chi connectivity index (χ1n) is 11.2. The van der Waals surface area contributed by atoms with Gasteiger partial charge in [-0.15, -0.1) is 5.10 Å². The minimum Gasteiger partial charge on any atom is -0.465 e. The molecule has 2 aromatic carbocycles. The third kappa shape index (κ3) is 5.26. The highest BCUT2D eigenvalue weighted by molar-refractivity contribution is 6.30. The highest BCUT2D eigenvalue weighted by atomic mass is 35.5. The van der Waals surface area contributed by atoms with Gasteiger partial charge in [-0.1, -0.05) is 41.1 Å². The van der Waals surface area contributed by atoms with Crippen LogP contribution in [0.5, 0.6) is 0 Å². The van der Waals surface area contributed by atoms with Crippen LogP contribution in [-0.4, -0.2) is 69.5 Å². The summed E-state index contributed by atoms with van der Waals surface area (Å²) in [6, 6.07) is 13.6. The van der Waals surface area contributed by atoms with E-state index in [4.69, 9.17) is 16.3 Å². The molecule has 0 bridgehead atoms. The molecule has 3 aromatic rings. The minimum atomic E-state index is -0.555. The lowest BCUT2D eigenvalue weighted by molar-refractivity contribution is -0.151. The Morgan fingerprint density at radius 2 is 1.76 bits per heavy atom. The average Bonchev–Trinajstić information content (AvgIpc) is 2.85. The molecule has 1 amide bonds. The molecule has 1 aliphatic heterocycles. The molecule has 4 rings (SSSR count). The molecule has 0 aliphatic carbocycles. The molecule has 1 aliphatic rings. The van der Waals surface area contributed by atoms with Gasteiger partial charge in [0.15, 0.2) is 0 Å². The fourth-order valence-corrected chi connectivity index (χ4v) is 4.25. The fraction of sp³-hybridized carbons (Fsp3) is 0.375. The fourth-order valence-electron chi connectivity index (χ4n) is 4.12. The van der Waals surface area contributed by atoms with E-state index < -0.39 is 6.04 Å². The van der Waals surface area contributed by atoms with Gasteiger partial charge in [-0.05, 0) is 36.8 Å². The first-order chi connectivity index (χ1) is 16.5. The Bertz CT molecular complexity index is 1220. The molecule has 9 nitrogen and oxygen atoms in total. The van der Waals surface area contributed by atoms with Gasteiger partial charge in [0.05, 0.1) is 18.5 Å². The monoisotopic (exact) mass is 483 g/mol.